The molecule has 0 saturated heterocycles. The summed E-state index contributed by atoms with van der Waals surface area (Å²) in [7, 11) is 0. The summed E-state index contributed by atoms with van der Waals surface area (Å²) >= 11 is 0. The molecule has 0 amide bonds. The Morgan fingerprint density at radius 3 is 2.71 bits per heavy atom. The van der Waals surface area contributed by atoms with Crippen LogP contribution in [0.15, 0.2) is 17.2 Å². The first-order chi connectivity index (χ1) is 6.57. The van der Waals surface area contributed by atoms with Crippen molar-refractivity contribution in [2.45, 2.75) is 6.04 Å². The number of pyridine rings is 1. The van der Waals surface area contributed by atoms with Crippen LogP contribution in [0.3, 0.4) is 0 Å². The van der Waals surface area contributed by atoms with Gasteiger partial charge in [0.15, 0.2) is 0 Å². The highest BCUT2D eigenvalue weighted by atomic mass is 16.6. The van der Waals surface area contributed by atoms with E-state index >= 15 is 0 Å². The van der Waals surface area contributed by atoms with Crippen LogP contribution in [0.2, 0.25) is 0 Å². The first kappa shape index (κ1) is 10.4. The van der Waals surface area contributed by atoms with Crippen LogP contribution in [-0.4, -0.2) is 16.5 Å². The number of nitrogens with zero attached hydrogens (tertiary/aromatic N) is 1. The van der Waals surface area contributed by atoms with Gasteiger partial charge in [-0.3, -0.25) is 14.9 Å². The van der Waals surface area contributed by atoms with Gasteiger partial charge in [0.25, 0.3) is 5.43 Å². The number of nitro groups is 1. The number of H-pyrrole nitrogens is 1. The van der Waals surface area contributed by atoms with E-state index in [2.05, 4.69) is 4.98 Å². The molecule has 0 spiro atoms. The van der Waals surface area contributed by atoms with Gasteiger partial charge in [0.1, 0.15) is 0 Å². The van der Waals surface area contributed by atoms with Crippen molar-refractivity contribution in [3.05, 3.63) is 38.3 Å². The molecule has 1 atom stereocenters. The molecule has 0 bridgehead atoms. The highest BCUT2D eigenvalue weighted by molar-refractivity contribution is 5.31. The van der Waals surface area contributed by atoms with E-state index in [-0.39, 0.29) is 12.1 Å². The number of aromatic amines is 1. The fraction of sp³-hybridized carbons (Fsp3) is 0.286. The highest BCUT2D eigenvalue weighted by Crippen LogP contribution is 2.07. The predicted octanol–water partition coefficient (Wildman–Crippen LogP) is -0.758. The van der Waals surface area contributed by atoms with Gasteiger partial charge in [-0.15, -0.1) is 0 Å². The topological polar surface area (TPSA) is 128 Å². The smallest absolute Gasteiger partial charge is 0.332 e. The summed E-state index contributed by atoms with van der Waals surface area (Å²) in [6.07, 6.45) is 2.35. The quantitative estimate of drug-likeness (QED) is 0.434. The van der Waals surface area contributed by atoms with Gasteiger partial charge < -0.3 is 16.5 Å². The van der Waals surface area contributed by atoms with E-state index in [4.69, 9.17) is 11.5 Å². The number of hydrogen-bond acceptors (Lipinski definition) is 5. The van der Waals surface area contributed by atoms with Crippen molar-refractivity contribution in [1.82, 2.24) is 4.98 Å². The highest BCUT2D eigenvalue weighted by Gasteiger charge is 2.17. The Kier molecular flexibility index (Phi) is 2.95. The molecule has 0 fully saturated rings. The van der Waals surface area contributed by atoms with Gasteiger partial charge in [-0.2, -0.15) is 0 Å². The lowest BCUT2D eigenvalue weighted by molar-refractivity contribution is -0.386. The van der Waals surface area contributed by atoms with Crippen LogP contribution in [0.25, 0.3) is 0 Å². The summed E-state index contributed by atoms with van der Waals surface area (Å²) in [6, 6.07) is -0.682. The van der Waals surface area contributed by atoms with Crippen LogP contribution < -0.4 is 16.9 Å². The van der Waals surface area contributed by atoms with Gasteiger partial charge >= 0.3 is 5.69 Å². The molecule has 5 N–H and O–H groups in total. The monoisotopic (exact) mass is 198 g/mol. The Morgan fingerprint density at radius 2 is 2.21 bits per heavy atom. The molecule has 1 aromatic heterocycles. The summed E-state index contributed by atoms with van der Waals surface area (Å²) in [4.78, 5) is 23.5. The number of aromatic nitrogens is 1. The first-order valence-electron chi connectivity index (χ1n) is 3.89. The Morgan fingerprint density at radius 1 is 1.57 bits per heavy atom. The minimum atomic E-state index is -0.758. The molecule has 0 unspecified atom stereocenters. The molecule has 76 valence electrons. The Hall–Kier alpha value is -1.73. The van der Waals surface area contributed by atoms with E-state index in [9.17, 15) is 14.9 Å². The molecule has 0 radical (unpaired) electrons. The minimum absolute atomic E-state index is 0.0598. The van der Waals surface area contributed by atoms with Gasteiger partial charge in [-0.1, -0.05) is 0 Å². The molecular formula is C7H10N4O3. The van der Waals surface area contributed by atoms with E-state index < -0.39 is 22.1 Å². The second kappa shape index (κ2) is 3.99. The third-order valence-electron chi connectivity index (χ3n) is 1.80. The molecule has 0 aliphatic carbocycles. The zero-order valence-corrected chi connectivity index (χ0v) is 7.27. The number of rotatable bonds is 3. The molecule has 7 heteroatoms. The minimum Gasteiger partial charge on any atom is -0.361 e. The number of nitrogens with one attached hydrogen (secondary N) is 1. The van der Waals surface area contributed by atoms with Crippen molar-refractivity contribution in [2.75, 3.05) is 6.54 Å². The third kappa shape index (κ3) is 1.78. The fourth-order valence-corrected chi connectivity index (χ4v) is 1.03. The molecule has 7 nitrogen and oxygen atoms in total. The summed E-state index contributed by atoms with van der Waals surface area (Å²) in [5, 5.41) is 10.4. The standard InChI is InChI=1S/C7H10N4O3/c8-1-5(9)4-2-10-3-6(7(4)12)11(13)14/h2-3,5H,1,8-9H2,(H,10,12)/t5-/m1/s1. The molecule has 14 heavy (non-hydrogen) atoms. The summed E-state index contributed by atoms with van der Waals surface area (Å²) in [5.74, 6) is 0. The fourth-order valence-electron chi connectivity index (χ4n) is 1.03. The summed E-state index contributed by atoms with van der Waals surface area (Å²) in [6.45, 7) is 0.0598. The van der Waals surface area contributed by atoms with Crippen molar-refractivity contribution in [3.8, 4) is 0 Å². The van der Waals surface area contributed by atoms with E-state index in [0.717, 1.165) is 6.20 Å². The molecule has 1 aromatic rings. The maximum absolute atomic E-state index is 11.4. The summed E-state index contributed by atoms with van der Waals surface area (Å²) < 4.78 is 0. The average molecular weight is 198 g/mol. The molecule has 0 saturated carbocycles. The van der Waals surface area contributed by atoms with Crippen molar-refractivity contribution >= 4 is 5.69 Å². The zero-order chi connectivity index (χ0) is 10.7. The van der Waals surface area contributed by atoms with Gasteiger partial charge in [-0.05, 0) is 0 Å². The van der Waals surface area contributed by atoms with Gasteiger partial charge in [0.05, 0.1) is 11.1 Å². The van der Waals surface area contributed by atoms with E-state index in [1.807, 2.05) is 0 Å². The van der Waals surface area contributed by atoms with Crippen LogP contribution in [0, 0.1) is 10.1 Å². The van der Waals surface area contributed by atoms with E-state index in [1.54, 1.807) is 0 Å². The molecule has 0 aliphatic rings. The predicted molar refractivity (Wildman–Crippen MR) is 49.7 cm³/mol. The second-order valence-corrected chi connectivity index (χ2v) is 2.72. The van der Waals surface area contributed by atoms with E-state index in [1.165, 1.54) is 6.20 Å². The lowest BCUT2D eigenvalue weighted by Crippen LogP contribution is -2.27. The Bertz CT molecular complexity index is 400. The van der Waals surface area contributed by atoms with Gasteiger partial charge in [0, 0.05) is 24.3 Å². The van der Waals surface area contributed by atoms with Crippen LogP contribution in [0.5, 0.6) is 0 Å². The lowest BCUT2D eigenvalue weighted by Gasteiger charge is -2.06. The Labute approximate surface area is 78.9 Å². The third-order valence-corrected chi connectivity index (χ3v) is 1.80. The van der Waals surface area contributed by atoms with Crippen LogP contribution >= 0.6 is 0 Å². The molecule has 0 aromatic carbocycles. The van der Waals surface area contributed by atoms with Crippen molar-refractivity contribution in [2.24, 2.45) is 11.5 Å². The lowest BCUT2D eigenvalue weighted by atomic mass is 10.1. The van der Waals surface area contributed by atoms with Gasteiger partial charge in [-0.25, -0.2) is 0 Å². The van der Waals surface area contributed by atoms with Crippen molar-refractivity contribution < 1.29 is 4.92 Å². The summed E-state index contributed by atoms with van der Waals surface area (Å²) in [5.41, 5.74) is 9.66. The number of hydrogen-bond donors (Lipinski definition) is 3. The first-order valence-corrected chi connectivity index (χ1v) is 3.89. The largest absolute Gasteiger partial charge is 0.361 e. The molecule has 1 heterocycles. The van der Waals surface area contributed by atoms with E-state index in [0.29, 0.717) is 0 Å². The van der Waals surface area contributed by atoms with Gasteiger partial charge in [0.2, 0.25) is 0 Å². The maximum Gasteiger partial charge on any atom is 0.332 e. The van der Waals surface area contributed by atoms with Crippen molar-refractivity contribution in [1.29, 1.82) is 0 Å². The molecular weight excluding hydrogens is 188 g/mol. The number of nitrogens with two attached hydrogens (primary N) is 2. The normalized spacial score (nSPS) is 12.4. The Balaban J connectivity index is 3.28. The van der Waals surface area contributed by atoms with Crippen LogP contribution in [0.4, 0.5) is 5.69 Å². The maximum atomic E-state index is 11.4. The molecule has 0 aliphatic heterocycles. The zero-order valence-electron chi connectivity index (χ0n) is 7.27. The second-order valence-electron chi connectivity index (χ2n) is 2.72. The van der Waals surface area contributed by atoms with Crippen LogP contribution in [-0.2, 0) is 0 Å². The molecule has 1 rings (SSSR count). The van der Waals surface area contributed by atoms with Crippen molar-refractivity contribution in [3.63, 3.8) is 0 Å². The van der Waals surface area contributed by atoms with Crippen LogP contribution in [0.1, 0.15) is 11.6 Å². The SMILES string of the molecule is NC[C@@H](N)c1c[nH]cc([N+](=O)[O-])c1=O. The average Bonchev–Trinajstić information content (AvgIpc) is 2.16.